The van der Waals surface area contributed by atoms with Gasteiger partial charge in [-0.3, -0.25) is 4.79 Å². The van der Waals surface area contributed by atoms with Crippen molar-refractivity contribution in [2.45, 2.75) is 199 Å². The first kappa shape index (κ1) is 53.6. The van der Waals surface area contributed by atoms with Gasteiger partial charge in [-0.15, -0.1) is 0 Å². The molecule has 0 aromatic rings. The lowest BCUT2D eigenvalue weighted by Gasteiger charge is -2.46. The summed E-state index contributed by atoms with van der Waals surface area (Å²) in [4.78, 5) is 26.9. The molecule has 5 aliphatic rings. The zero-order valence-corrected chi connectivity index (χ0v) is 40.7. The molecular weight excluding hydrogens is 841 g/mol. The second-order valence-corrected chi connectivity index (χ2v) is 19.6. The molecule has 0 spiro atoms. The van der Waals surface area contributed by atoms with E-state index in [-0.39, 0.29) is 29.7 Å². The van der Waals surface area contributed by atoms with Crippen LogP contribution in [0.1, 0.15) is 108 Å². The Bertz CT molecular complexity index is 1710. The van der Waals surface area contributed by atoms with E-state index in [2.05, 4.69) is 19.9 Å². The summed E-state index contributed by atoms with van der Waals surface area (Å²) in [6.45, 7) is 18.5. The van der Waals surface area contributed by atoms with E-state index in [1.165, 1.54) is 6.08 Å². The highest BCUT2D eigenvalue weighted by atomic mass is 17.2. The number of hydrogen-bond acceptors (Lipinski definition) is 15. The Hall–Kier alpha value is -2.35. The quantitative estimate of drug-likeness (QED) is 0.109. The summed E-state index contributed by atoms with van der Waals surface area (Å²) in [6, 6.07) is 0. The van der Waals surface area contributed by atoms with Crippen LogP contribution < -0.4 is 0 Å². The van der Waals surface area contributed by atoms with Gasteiger partial charge in [-0.05, 0) is 82.1 Å². The number of ether oxygens (including phenoxy) is 7. The van der Waals surface area contributed by atoms with E-state index in [1.54, 1.807) is 47.1 Å². The van der Waals surface area contributed by atoms with Crippen LogP contribution in [0.4, 0.5) is 0 Å². The van der Waals surface area contributed by atoms with Crippen LogP contribution in [0.2, 0.25) is 0 Å². The maximum atomic E-state index is 14.4. The summed E-state index contributed by atoms with van der Waals surface area (Å²) in [5.41, 5.74) is 0.436. The molecule has 4 heterocycles. The molecule has 65 heavy (non-hydrogen) atoms. The number of aliphatic hydroxyl groups is 5. The molecule has 1 aliphatic carbocycles. The molecule has 19 atom stereocenters. The van der Waals surface area contributed by atoms with E-state index in [4.69, 9.17) is 42.9 Å². The molecule has 1 unspecified atom stereocenters. The van der Waals surface area contributed by atoms with Crippen molar-refractivity contribution < 1.29 is 73.3 Å². The van der Waals surface area contributed by atoms with Crippen molar-refractivity contribution in [3.63, 3.8) is 0 Å². The number of methoxy groups -OCH3 is 2. The lowest BCUT2D eigenvalue weighted by Crippen LogP contribution is -2.56. The lowest BCUT2D eigenvalue weighted by molar-refractivity contribution is -0.357. The summed E-state index contributed by atoms with van der Waals surface area (Å²) in [5, 5.41) is 56.6. The topological polar surface area (TPSA) is 201 Å². The van der Waals surface area contributed by atoms with Gasteiger partial charge in [0.2, 0.25) is 0 Å². The van der Waals surface area contributed by atoms with Gasteiger partial charge < -0.3 is 58.7 Å². The smallest absolute Gasteiger partial charge is 0.316 e. The van der Waals surface area contributed by atoms with Crippen LogP contribution in [-0.2, 0) is 47.7 Å². The number of carbonyl (C=O) groups is 1. The van der Waals surface area contributed by atoms with Crippen molar-refractivity contribution in [2.24, 2.45) is 29.6 Å². The molecule has 3 fully saturated rings. The van der Waals surface area contributed by atoms with Gasteiger partial charge in [-0.2, -0.15) is 0 Å². The molecule has 2 bridgehead atoms. The van der Waals surface area contributed by atoms with E-state index < -0.39 is 116 Å². The highest BCUT2D eigenvalue weighted by Gasteiger charge is 2.54. The molecule has 0 radical (unpaired) electrons. The average molecular weight is 921 g/mol. The molecule has 5 rings (SSSR count). The van der Waals surface area contributed by atoms with Crippen LogP contribution in [0.5, 0.6) is 0 Å². The van der Waals surface area contributed by atoms with Gasteiger partial charge in [0.1, 0.15) is 35.9 Å². The first-order valence-electron chi connectivity index (χ1n) is 23.7. The van der Waals surface area contributed by atoms with Gasteiger partial charge >= 0.3 is 5.97 Å². The number of rotatable bonds is 9. The summed E-state index contributed by atoms with van der Waals surface area (Å²) in [5.74, 6) is -3.27. The maximum absolute atomic E-state index is 14.4. The Kier molecular flexibility index (Phi) is 19.6. The zero-order valence-electron chi connectivity index (χ0n) is 40.7. The summed E-state index contributed by atoms with van der Waals surface area (Å²) in [6.07, 6.45) is 3.93. The normalized spacial score (nSPS) is 45.3. The fourth-order valence-electron chi connectivity index (χ4n) is 10.3. The van der Waals surface area contributed by atoms with Crippen molar-refractivity contribution in [1.82, 2.24) is 0 Å². The van der Waals surface area contributed by atoms with E-state index in [1.807, 2.05) is 46.8 Å². The summed E-state index contributed by atoms with van der Waals surface area (Å²) < 4.78 is 43.6. The molecule has 4 aliphatic heterocycles. The van der Waals surface area contributed by atoms with Crippen molar-refractivity contribution in [2.75, 3.05) is 20.8 Å². The number of fused-ring (bicyclic) bond motifs is 3. The first-order valence-corrected chi connectivity index (χ1v) is 23.7. The highest BCUT2D eigenvalue weighted by molar-refractivity contribution is 5.78. The number of hydrogen-bond donors (Lipinski definition) is 5. The van der Waals surface area contributed by atoms with Crippen molar-refractivity contribution >= 4 is 5.97 Å². The van der Waals surface area contributed by atoms with Crippen LogP contribution in [0, 0.1) is 29.6 Å². The largest absolute Gasteiger partial charge is 0.462 e. The zero-order chi connectivity index (χ0) is 47.9. The molecule has 15 heteroatoms. The Morgan fingerprint density at radius 3 is 2.22 bits per heavy atom. The number of esters is 1. The van der Waals surface area contributed by atoms with Crippen LogP contribution >= 0.6 is 0 Å². The minimum atomic E-state index is -2.01. The first-order chi connectivity index (χ1) is 30.7. The molecular formula is C50H80O15. The second-order valence-electron chi connectivity index (χ2n) is 19.6. The minimum Gasteiger partial charge on any atom is -0.462 e. The van der Waals surface area contributed by atoms with Gasteiger partial charge in [0, 0.05) is 51.2 Å². The predicted octanol–water partition coefficient (Wildman–Crippen LogP) is 5.56. The fourth-order valence-corrected chi connectivity index (χ4v) is 10.3. The van der Waals surface area contributed by atoms with Crippen molar-refractivity contribution in [3.05, 3.63) is 58.7 Å². The van der Waals surface area contributed by atoms with E-state index >= 15 is 0 Å². The summed E-state index contributed by atoms with van der Waals surface area (Å²) >= 11 is 0. The van der Waals surface area contributed by atoms with Crippen molar-refractivity contribution in [1.29, 1.82) is 0 Å². The third-order valence-corrected chi connectivity index (χ3v) is 14.3. The Morgan fingerprint density at radius 2 is 1.55 bits per heavy atom. The monoisotopic (exact) mass is 921 g/mol. The predicted molar refractivity (Wildman–Crippen MR) is 242 cm³/mol. The molecule has 0 aromatic carbocycles. The minimum absolute atomic E-state index is 0.136. The van der Waals surface area contributed by atoms with Crippen LogP contribution in [0.25, 0.3) is 0 Å². The molecule has 3 saturated heterocycles. The van der Waals surface area contributed by atoms with Gasteiger partial charge in [0.15, 0.2) is 12.6 Å². The molecule has 0 amide bonds. The van der Waals surface area contributed by atoms with Gasteiger partial charge in [0.25, 0.3) is 0 Å². The third-order valence-electron chi connectivity index (χ3n) is 14.3. The fraction of sp³-hybridized carbons (Fsp3) is 0.780. The van der Waals surface area contributed by atoms with E-state index in [0.717, 1.165) is 11.1 Å². The maximum Gasteiger partial charge on any atom is 0.316 e. The van der Waals surface area contributed by atoms with Gasteiger partial charge in [-0.1, -0.05) is 71.1 Å². The Balaban J connectivity index is 1.51. The van der Waals surface area contributed by atoms with E-state index in [0.29, 0.717) is 37.7 Å². The SMILES string of the molecule is CO[C@H]1C[C@H](O[C@H]2[C@H](C)O[C@@H](O[C@@H]3/C(C)=C/C[C@@H]4C[C@@H](CC[C@H](O)[C@H](C)C(/C(C)=C/C(C)C)OO4)OC(=O)[C@@H]4C=C(C)[C@@H](O)[C@@H](C)[C@@]4(O)/C(CO)=C/C=C/[C@@H]3C)C[C@@H]2OC)O[C@@H](C)[C@@H]1O. The molecule has 370 valence electrons. The van der Waals surface area contributed by atoms with Gasteiger partial charge in [-0.25, -0.2) is 9.78 Å². The van der Waals surface area contributed by atoms with Gasteiger partial charge in [0.05, 0.1) is 55.4 Å². The standard InChI is InChI=1S/C50H80O15/c1-26(2)20-30(6)47-31(7)39(52)19-18-36-22-37(64-65-47)17-16-28(4)46(27(3)14-13-15-35(25-51)50(56)32(8)44(53)29(5)21-38(50)49(55)61-36)62-43-24-41(58-12)48(34(10)60-43)63-42-23-40(57-11)45(54)33(9)59-42/h13-16,20-21,26-27,31-34,36-48,51-54,56H,17-19,22-25H2,1-12H3/b14-13+,28-16+,30-20+,35-15+/t27-,31-,32+,33-,34-,36+,37+,38-,39-,40-,41-,42-,43-,44+,45-,46-,47?,48-,50+/m0/s1. The van der Waals surface area contributed by atoms with Crippen molar-refractivity contribution in [3.8, 4) is 0 Å². The summed E-state index contributed by atoms with van der Waals surface area (Å²) in [7, 11) is 3.18. The number of carbonyl (C=O) groups excluding carboxylic acids is 1. The molecule has 5 N–H and O–H groups in total. The highest BCUT2D eigenvalue weighted by Crippen LogP contribution is 2.44. The molecule has 0 aromatic heterocycles. The average Bonchev–Trinajstić information content (AvgIpc) is 3.26. The third kappa shape index (κ3) is 12.9. The van der Waals surface area contributed by atoms with Crippen LogP contribution in [-0.4, -0.2) is 144 Å². The second kappa shape index (κ2) is 23.8. The Labute approximate surface area is 386 Å². The van der Waals surface area contributed by atoms with Crippen LogP contribution in [0.15, 0.2) is 58.7 Å². The Morgan fingerprint density at radius 1 is 0.892 bits per heavy atom. The van der Waals surface area contributed by atoms with E-state index in [9.17, 15) is 30.3 Å². The number of allylic oxidation sites excluding steroid dienone is 3. The lowest BCUT2D eigenvalue weighted by atomic mass is 9.65. The number of aliphatic hydroxyl groups excluding tert-OH is 4. The molecule has 15 nitrogen and oxygen atoms in total. The van der Waals surface area contributed by atoms with Crippen LogP contribution in [0.3, 0.4) is 0 Å². The molecule has 0 saturated carbocycles.